The van der Waals surface area contributed by atoms with Crippen LogP contribution in [0.5, 0.6) is 5.88 Å². The summed E-state index contributed by atoms with van der Waals surface area (Å²) in [7, 11) is 1.63. The van der Waals surface area contributed by atoms with Crippen molar-refractivity contribution in [1.82, 2.24) is 15.3 Å². The van der Waals surface area contributed by atoms with Crippen LogP contribution in [0.25, 0.3) is 0 Å². The van der Waals surface area contributed by atoms with Crippen LogP contribution < -0.4 is 10.1 Å². The molecule has 1 rings (SSSR count). The van der Waals surface area contributed by atoms with E-state index in [9.17, 15) is 0 Å². The number of aromatic nitrogens is 2. The molecular weight excluding hydrogens is 238 g/mol. The van der Waals surface area contributed by atoms with Gasteiger partial charge < -0.3 is 10.1 Å². The first-order chi connectivity index (χ1) is 9.03. The molecule has 0 bridgehead atoms. The molecule has 0 aliphatic heterocycles. The summed E-state index contributed by atoms with van der Waals surface area (Å²) in [6, 6.07) is 2.34. The van der Waals surface area contributed by atoms with Crippen LogP contribution >= 0.6 is 0 Å². The van der Waals surface area contributed by atoms with E-state index in [0.717, 1.165) is 31.5 Å². The van der Waals surface area contributed by atoms with Crippen molar-refractivity contribution < 1.29 is 4.74 Å². The van der Waals surface area contributed by atoms with Gasteiger partial charge in [-0.25, -0.2) is 9.97 Å². The molecule has 19 heavy (non-hydrogen) atoms. The minimum absolute atomic E-state index is 0.243. The lowest BCUT2D eigenvalue weighted by Gasteiger charge is -2.34. The van der Waals surface area contributed by atoms with Gasteiger partial charge in [0, 0.05) is 24.2 Å². The van der Waals surface area contributed by atoms with E-state index in [1.54, 1.807) is 13.4 Å². The summed E-state index contributed by atoms with van der Waals surface area (Å²) in [5, 5.41) is 3.65. The van der Waals surface area contributed by atoms with E-state index in [-0.39, 0.29) is 5.41 Å². The number of hydrogen-bond acceptors (Lipinski definition) is 4. The lowest BCUT2D eigenvalue weighted by Crippen LogP contribution is -2.43. The Balaban J connectivity index is 2.80. The highest BCUT2D eigenvalue weighted by molar-refractivity contribution is 5.15. The van der Waals surface area contributed by atoms with Gasteiger partial charge in [-0.1, -0.05) is 27.7 Å². The molecule has 0 radical (unpaired) electrons. The van der Waals surface area contributed by atoms with Crippen LogP contribution in [0.3, 0.4) is 0 Å². The van der Waals surface area contributed by atoms with Crippen molar-refractivity contribution in [3.05, 3.63) is 18.1 Å². The number of nitrogens with one attached hydrogen (secondary N) is 1. The Morgan fingerprint density at radius 3 is 2.63 bits per heavy atom. The van der Waals surface area contributed by atoms with Gasteiger partial charge in [-0.3, -0.25) is 0 Å². The zero-order valence-electron chi connectivity index (χ0n) is 12.9. The van der Waals surface area contributed by atoms with E-state index in [1.807, 2.05) is 6.07 Å². The van der Waals surface area contributed by atoms with E-state index in [1.165, 1.54) is 0 Å². The van der Waals surface area contributed by atoms with Crippen LogP contribution in [-0.2, 0) is 6.42 Å². The van der Waals surface area contributed by atoms with Crippen molar-refractivity contribution in [2.24, 2.45) is 5.41 Å². The van der Waals surface area contributed by atoms with Gasteiger partial charge in [0.05, 0.1) is 7.11 Å². The third kappa shape index (κ3) is 4.78. The van der Waals surface area contributed by atoms with Gasteiger partial charge in [0.25, 0.3) is 0 Å². The Bertz CT molecular complexity index is 379. The zero-order chi connectivity index (χ0) is 14.3. The second-order valence-electron chi connectivity index (χ2n) is 5.60. The maximum atomic E-state index is 5.16. The summed E-state index contributed by atoms with van der Waals surface area (Å²) in [5.74, 6) is 0.633. The molecule has 0 aliphatic rings. The van der Waals surface area contributed by atoms with Crippen LogP contribution in [0, 0.1) is 5.41 Å². The van der Waals surface area contributed by atoms with Gasteiger partial charge in [0.1, 0.15) is 6.33 Å². The highest BCUT2D eigenvalue weighted by Gasteiger charge is 2.27. The molecule has 1 aromatic heterocycles. The lowest BCUT2D eigenvalue weighted by atomic mass is 9.79. The van der Waals surface area contributed by atoms with Crippen molar-refractivity contribution in [2.45, 2.75) is 53.0 Å². The minimum Gasteiger partial charge on any atom is -0.481 e. The Kier molecular flexibility index (Phi) is 6.22. The molecule has 0 saturated carbocycles. The fourth-order valence-electron chi connectivity index (χ4n) is 2.00. The van der Waals surface area contributed by atoms with Crippen molar-refractivity contribution in [2.75, 3.05) is 13.7 Å². The largest absolute Gasteiger partial charge is 0.481 e. The minimum atomic E-state index is 0.243. The SMILES string of the molecule is CCCNC(Cc1cc(OC)ncn1)C(C)(C)CC. The number of hydrogen-bond donors (Lipinski definition) is 1. The number of nitrogens with zero attached hydrogens (tertiary/aromatic N) is 2. The fourth-order valence-corrected chi connectivity index (χ4v) is 2.00. The Labute approximate surface area is 117 Å². The molecule has 0 fully saturated rings. The van der Waals surface area contributed by atoms with E-state index in [4.69, 9.17) is 4.74 Å². The molecule has 1 heterocycles. The van der Waals surface area contributed by atoms with Gasteiger partial charge in [0.2, 0.25) is 5.88 Å². The van der Waals surface area contributed by atoms with Crippen LogP contribution in [0.2, 0.25) is 0 Å². The normalized spacial score (nSPS) is 13.3. The maximum absolute atomic E-state index is 5.16. The first-order valence-corrected chi connectivity index (χ1v) is 7.11. The van der Waals surface area contributed by atoms with Gasteiger partial charge in [-0.2, -0.15) is 0 Å². The monoisotopic (exact) mass is 265 g/mol. The van der Waals surface area contributed by atoms with E-state index in [2.05, 4.69) is 43.0 Å². The summed E-state index contributed by atoms with van der Waals surface area (Å²) in [6.45, 7) is 10.1. The molecule has 0 saturated heterocycles. The molecule has 4 nitrogen and oxygen atoms in total. The Hall–Kier alpha value is -1.16. The summed E-state index contributed by atoms with van der Waals surface area (Å²) in [4.78, 5) is 8.41. The lowest BCUT2D eigenvalue weighted by molar-refractivity contribution is 0.229. The smallest absolute Gasteiger partial charge is 0.216 e. The van der Waals surface area contributed by atoms with E-state index >= 15 is 0 Å². The van der Waals surface area contributed by atoms with Gasteiger partial charge in [-0.05, 0) is 24.8 Å². The highest BCUT2D eigenvalue weighted by Crippen LogP contribution is 2.27. The molecule has 1 unspecified atom stereocenters. The van der Waals surface area contributed by atoms with Crippen LogP contribution in [0.15, 0.2) is 12.4 Å². The van der Waals surface area contributed by atoms with Crippen LogP contribution in [-0.4, -0.2) is 29.7 Å². The molecule has 0 aromatic carbocycles. The molecule has 0 spiro atoms. The Morgan fingerprint density at radius 1 is 1.32 bits per heavy atom. The molecule has 1 aromatic rings. The Morgan fingerprint density at radius 2 is 2.05 bits per heavy atom. The fraction of sp³-hybridized carbons (Fsp3) is 0.733. The molecule has 4 heteroatoms. The molecule has 1 N–H and O–H groups in total. The van der Waals surface area contributed by atoms with E-state index < -0.39 is 0 Å². The summed E-state index contributed by atoms with van der Waals surface area (Å²) in [6.07, 6.45) is 4.75. The molecule has 1 atom stereocenters. The number of methoxy groups -OCH3 is 1. The van der Waals surface area contributed by atoms with Crippen molar-refractivity contribution >= 4 is 0 Å². The third-order valence-corrected chi connectivity index (χ3v) is 3.82. The molecular formula is C15H27N3O. The predicted octanol–water partition coefficient (Wildman–Crippen LogP) is 2.83. The topological polar surface area (TPSA) is 47.0 Å². The van der Waals surface area contributed by atoms with Crippen molar-refractivity contribution in [3.63, 3.8) is 0 Å². The maximum Gasteiger partial charge on any atom is 0.216 e. The molecule has 0 amide bonds. The van der Waals surface area contributed by atoms with Crippen LogP contribution in [0.4, 0.5) is 0 Å². The van der Waals surface area contributed by atoms with Gasteiger partial charge >= 0.3 is 0 Å². The molecule has 0 aliphatic carbocycles. The second kappa shape index (κ2) is 7.43. The molecule has 108 valence electrons. The highest BCUT2D eigenvalue weighted by atomic mass is 16.5. The first kappa shape index (κ1) is 15.9. The average Bonchev–Trinajstić information content (AvgIpc) is 2.43. The van der Waals surface area contributed by atoms with Gasteiger partial charge in [0.15, 0.2) is 0 Å². The quantitative estimate of drug-likeness (QED) is 0.785. The van der Waals surface area contributed by atoms with Crippen molar-refractivity contribution in [3.8, 4) is 5.88 Å². The number of ether oxygens (including phenoxy) is 1. The predicted molar refractivity (Wildman–Crippen MR) is 78.4 cm³/mol. The zero-order valence-corrected chi connectivity index (χ0v) is 12.9. The second-order valence-corrected chi connectivity index (χ2v) is 5.60. The standard InChI is InChI=1S/C15H27N3O/c1-6-8-16-13(15(3,4)7-2)9-12-10-14(19-5)18-11-17-12/h10-11,13,16H,6-9H2,1-5H3. The summed E-state index contributed by atoms with van der Waals surface area (Å²) in [5.41, 5.74) is 1.27. The average molecular weight is 265 g/mol. The van der Waals surface area contributed by atoms with Crippen LogP contribution in [0.1, 0.15) is 46.2 Å². The summed E-state index contributed by atoms with van der Waals surface area (Å²) < 4.78 is 5.16. The number of rotatable bonds is 8. The van der Waals surface area contributed by atoms with E-state index in [0.29, 0.717) is 11.9 Å². The van der Waals surface area contributed by atoms with Crippen molar-refractivity contribution in [1.29, 1.82) is 0 Å². The third-order valence-electron chi connectivity index (χ3n) is 3.82. The van der Waals surface area contributed by atoms with Gasteiger partial charge in [-0.15, -0.1) is 0 Å². The summed E-state index contributed by atoms with van der Waals surface area (Å²) >= 11 is 0. The first-order valence-electron chi connectivity index (χ1n) is 7.11.